The Labute approximate surface area is 183 Å². The molecule has 5 rings (SSSR count). The molecular weight excluding hydrogens is 398 g/mol. The largest absolute Gasteiger partial charge is 0.488 e. The number of benzene rings is 2. The number of para-hydroxylation sites is 1. The molecule has 1 aliphatic carbocycles. The predicted molar refractivity (Wildman–Crippen MR) is 117 cm³/mol. The van der Waals surface area contributed by atoms with Gasteiger partial charge in [0.1, 0.15) is 11.9 Å². The van der Waals surface area contributed by atoms with Gasteiger partial charge in [-0.25, -0.2) is 0 Å². The summed E-state index contributed by atoms with van der Waals surface area (Å²) in [6, 6.07) is 17.8. The molecule has 2 aromatic carbocycles. The van der Waals surface area contributed by atoms with Crippen molar-refractivity contribution in [3.05, 3.63) is 65.2 Å². The fourth-order valence-electron chi connectivity index (χ4n) is 5.26. The van der Waals surface area contributed by atoms with E-state index in [-0.39, 0.29) is 23.0 Å². The molecule has 0 unspecified atom stereocenters. The van der Waals surface area contributed by atoms with Gasteiger partial charge in [0.25, 0.3) is 0 Å². The Morgan fingerprint density at radius 2 is 1.70 bits per heavy atom. The summed E-state index contributed by atoms with van der Waals surface area (Å²) in [5, 5.41) is 0.714. The van der Waals surface area contributed by atoms with E-state index < -0.39 is 0 Å². The summed E-state index contributed by atoms with van der Waals surface area (Å²) in [6.45, 7) is 2.13. The van der Waals surface area contributed by atoms with Gasteiger partial charge in [0.2, 0.25) is 5.91 Å². The van der Waals surface area contributed by atoms with E-state index in [1.54, 1.807) is 0 Å². The van der Waals surface area contributed by atoms with Crippen molar-refractivity contribution in [1.29, 1.82) is 0 Å². The maximum absolute atomic E-state index is 13.5. The Morgan fingerprint density at radius 3 is 2.33 bits per heavy atom. The molecular formula is C25H28ClNO3. The van der Waals surface area contributed by atoms with E-state index in [0.717, 1.165) is 62.9 Å². The van der Waals surface area contributed by atoms with Crippen LogP contribution in [-0.2, 0) is 14.9 Å². The monoisotopic (exact) mass is 425 g/mol. The third-order valence-corrected chi connectivity index (χ3v) is 7.45. The minimum atomic E-state index is -0.357. The van der Waals surface area contributed by atoms with E-state index in [1.165, 1.54) is 0 Å². The molecule has 5 heteroatoms. The molecule has 3 aliphatic rings. The van der Waals surface area contributed by atoms with Gasteiger partial charge < -0.3 is 14.4 Å². The summed E-state index contributed by atoms with van der Waals surface area (Å²) in [5.41, 5.74) is 0.602. The van der Waals surface area contributed by atoms with Gasteiger partial charge in [-0.2, -0.15) is 0 Å². The lowest BCUT2D eigenvalue weighted by Crippen LogP contribution is -2.55. The molecule has 1 spiro atoms. The fraction of sp³-hybridized carbons (Fsp3) is 0.480. The molecule has 30 heavy (non-hydrogen) atoms. The van der Waals surface area contributed by atoms with Crippen LogP contribution in [0.4, 0.5) is 0 Å². The van der Waals surface area contributed by atoms with Gasteiger partial charge in [-0.05, 0) is 55.5 Å². The van der Waals surface area contributed by atoms with E-state index in [9.17, 15) is 4.79 Å². The molecule has 1 amide bonds. The second kappa shape index (κ2) is 7.90. The Bertz CT molecular complexity index is 886. The Hall–Kier alpha value is -2.04. The highest BCUT2D eigenvalue weighted by molar-refractivity contribution is 6.30. The number of hydrogen-bond acceptors (Lipinski definition) is 3. The third-order valence-electron chi connectivity index (χ3n) is 7.20. The number of piperidine rings is 1. The first kappa shape index (κ1) is 19.9. The number of rotatable bonds is 4. The molecule has 158 valence electrons. The molecule has 2 heterocycles. The number of ether oxygens (including phenoxy) is 2. The highest BCUT2D eigenvalue weighted by Crippen LogP contribution is 2.47. The summed E-state index contributed by atoms with van der Waals surface area (Å²) in [5.74, 6) is 1.17. The lowest BCUT2D eigenvalue weighted by atomic mass is 9.63. The van der Waals surface area contributed by atoms with Crippen LogP contribution in [0.25, 0.3) is 0 Å². The van der Waals surface area contributed by atoms with Crippen LogP contribution in [0.3, 0.4) is 0 Å². The van der Waals surface area contributed by atoms with Crippen LogP contribution in [0.5, 0.6) is 5.75 Å². The van der Waals surface area contributed by atoms with E-state index in [0.29, 0.717) is 11.6 Å². The quantitative estimate of drug-likeness (QED) is 0.692. The Balaban J connectivity index is 1.21. The van der Waals surface area contributed by atoms with Crippen LogP contribution >= 0.6 is 11.6 Å². The minimum absolute atomic E-state index is 0.0849. The summed E-state index contributed by atoms with van der Waals surface area (Å²) in [7, 11) is 0. The van der Waals surface area contributed by atoms with Gasteiger partial charge in [0, 0.05) is 24.5 Å². The Morgan fingerprint density at radius 1 is 1.00 bits per heavy atom. The second-order valence-electron chi connectivity index (χ2n) is 8.99. The van der Waals surface area contributed by atoms with Gasteiger partial charge in [-0.1, -0.05) is 48.4 Å². The lowest BCUT2D eigenvalue weighted by Gasteiger charge is -2.47. The molecule has 4 nitrogen and oxygen atoms in total. The molecule has 3 fully saturated rings. The van der Waals surface area contributed by atoms with Crippen molar-refractivity contribution in [2.75, 3.05) is 19.7 Å². The van der Waals surface area contributed by atoms with Crippen LogP contribution in [-0.4, -0.2) is 42.2 Å². The Kier molecular flexibility index (Phi) is 5.24. The normalized spacial score (nSPS) is 24.4. The lowest BCUT2D eigenvalue weighted by molar-refractivity contribution is -0.145. The first-order chi connectivity index (χ1) is 14.6. The smallest absolute Gasteiger partial charge is 0.233 e. The van der Waals surface area contributed by atoms with Crippen LogP contribution < -0.4 is 4.74 Å². The molecule has 0 aromatic heterocycles. The van der Waals surface area contributed by atoms with Crippen molar-refractivity contribution in [3.63, 3.8) is 0 Å². The number of halogens is 1. The zero-order chi connectivity index (χ0) is 20.6. The van der Waals surface area contributed by atoms with E-state index in [2.05, 4.69) is 4.90 Å². The van der Waals surface area contributed by atoms with Crippen molar-refractivity contribution < 1.29 is 14.3 Å². The van der Waals surface area contributed by atoms with Crippen molar-refractivity contribution in [1.82, 2.24) is 4.90 Å². The molecule has 1 saturated carbocycles. The molecule has 0 N–H and O–H groups in total. The maximum atomic E-state index is 13.5. The zero-order valence-electron chi connectivity index (χ0n) is 17.2. The van der Waals surface area contributed by atoms with E-state index in [4.69, 9.17) is 21.1 Å². The van der Waals surface area contributed by atoms with Crippen molar-refractivity contribution >= 4 is 17.5 Å². The van der Waals surface area contributed by atoms with E-state index in [1.807, 2.05) is 54.6 Å². The molecule has 0 bridgehead atoms. The number of carbonyl (C=O) groups is 1. The number of nitrogens with zero attached hydrogens (tertiary/aromatic N) is 1. The molecule has 2 aliphatic heterocycles. The topological polar surface area (TPSA) is 38.8 Å². The summed E-state index contributed by atoms with van der Waals surface area (Å²) in [4.78, 5) is 15.6. The summed E-state index contributed by atoms with van der Waals surface area (Å²) >= 11 is 6.06. The SMILES string of the molecule is O=C(N1CCC2(CC1)C[C@H](Oc1ccccc1)CO2)C1(c2ccc(Cl)cc2)CCC1. The standard InChI is InChI=1S/C25H28ClNO3/c26-20-9-7-19(8-10-20)25(11-4-12-25)23(28)27-15-13-24(14-16-27)17-22(18-29-24)30-21-5-2-1-3-6-21/h1-3,5-10,22H,4,11-18H2/t22-/m0/s1. The number of likely N-dealkylation sites (tertiary alicyclic amines) is 1. The maximum Gasteiger partial charge on any atom is 0.233 e. The van der Waals surface area contributed by atoms with Crippen molar-refractivity contribution in [2.45, 2.75) is 55.6 Å². The minimum Gasteiger partial charge on any atom is -0.488 e. The molecule has 0 radical (unpaired) electrons. The van der Waals surface area contributed by atoms with Gasteiger partial charge in [0.15, 0.2) is 0 Å². The number of carbonyl (C=O) groups excluding carboxylic acids is 1. The predicted octanol–water partition coefficient (Wildman–Crippen LogP) is 4.99. The highest BCUT2D eigenvalue weighted by Gasteiger charge is 2.50. The number of amides is 1. The first-order valence-corrected chi connectivity index (χ1v) is 11.4. The zero-order valence-corrected chi connectivity index (χ0v) is 17.9. The van der Waals surface area contributed by atoms with Crippen LogP contribution in [0.15, 0.2) is 54.6 Å². The first-order valence-electron chi connectivity index (χ1n) is 11.0. The van der Waals surface area contributed by atoms with Crippen molar-refractivity contribution in [2.24, 2.45) is 0 Å². The second-order valence-corrected chi connectivity index (χ2v) is 9.42. The van der Waals surface area contributed by atoms with E-state index >= 15 is 0 Å². The fourth-order valence-corrected chi connectivity index (χ4v) is 5.39. The summed E-state index contributed by atoms with van der Waals surface area (Å²) < 4.78 is 12.3. The molecule has 1 atom stereocenters. The number of hydrogen-bond donors (Lipinski definition) is 0. The highest BCUT2D eigenvalue weighted by atomic mass is 35.5. The average molecular weight is 426 g/mol. The third kappa shape index (κ3) is 3.61. The summed E-state index contributed by atoms with van der Waals surface area (Å²) in [6.07, 6.45) is 5.70. The van der Waals surface area contributed by atoms with Gasteiger partial charge in [0.05, 0.1) is 17.6 Å². The van der Waals surface area contributed by atoms with Crippen LogP contribution in [0, 0.1) is 0 Å². The molecule has 2 aromatic rings. The average Bonchev–Trinajstić information content (AvgIpc) is 3.11. The van der Waals surface area contributed by atoms with Crippen LogP contribution in [0.1, 0.15) is 44.1 Å². The molecule has 2 saturated heterocycles. The van der Waals surface area contributed by atoms with Gasteiger partial charge in [-0.15, -0.1) is 0 Å². The van der Waals surface area contributed by atoms with Crippen molar-refractivity contribution in [3.8, 4) is 5.75 Å². The van der Waals surface area contributed by atoms with Gasteiger partial charge in [-0.3, -0.25) is 4.79 Å². The van der Waals surface area contributed by atoms with Crippen LogP contribution in [0.2, 0.25) is 5.02 Å². The van der Waals surface area contributed by atoms with Gasteiger partial charge >= 0.3 is 0 Å².